The number of fused-ring (bicyclic) bond motifs is 1. The average molecular weight is 493 g/mol. The molecule has 0 atom stereocenters. The van der Waals surface area contributed by atoms with Crippen LogP contribution in [0.5, 0.6) is 0 Å². The fraction of sp³-hybridized carbons (Fsp3) is 0.200. The maximum atomic E-state index is 13.2. The zero-order valence-corrected chi connectivity index (χ0v) is 20.6. The zero-order valence-electron chi connectivity index (χ0n) is 19.0. The minimum atomic E-state index is -0.598. The van der Waals surface area contributed by atoms with Gasteiger partial charge < -0.3 is 4.90 Å². The van der Waals surface area contributed by atoms with E-state index in [2.05, 4.69) is 15.3 Å². The molecule has 2 aromatic heterocycles. The molecule has 1 N–H and O–H groups in total. The number of hydrogen-bond acceptors (Lipinski definition) is 6. The first-order valence-electron chi connectivity index (χ1n) is 10.6. The SMILES string of the molecule is Cc1nc(-c2ccc(F)cc2)sc1C(=O)Nc1nc(-c2ccc3c(c2)C(C)(C)C(=O)N3C)cs1. The summed E-state index contributed by atoms with van der Waals surface area (Å²) in [7, 11) is 1.79. The van der Waals surface area contributed by atoms with Gasteiger partial charge in [0.2, 0.25) is 5.91 Å². The number of hydrogen-bond donors (Lipinski definition) is 1. The van der Waals surface area contributed by atoms with Gasteiger partial charge in [-0.05, 0) is 62.7 Å². The Labute approximate surface area is 204 Å². The molecule has 172 valence electrons. The van der Waals surface area contributed by atoms with E-state index in [-0.39, 0.29) is 17.6 Å². The molecule has 0 unspecified atom stereocenters. The molecule has 0 spiro atoms. The minimum absolute atomic E-state index is 0.0609. The summed E-state index contributed by atoms with van der Waals surface area (Å²) in [6.07, 6.45) is 0. The fourth-order valence-electron chi connectivity index (χ4n) is 4.07. The summed E-state index contributed by atoms with van der Waals surface area (Å²) in [6, 6.07) is 11.9. The Morgan fingerprint density at radius 2 is 1.79 bits per heavy atom. The maximum Gasteiger partial charge on any atom is 0.269 e. The highest BCUT2D eigenvalue weighted by Crippen LogP contribution is 2.42. The lowest BCUT2D eigenvalue weighted by atomic mass is 9.85. The molecule has 1 aliphatic heterocycles. The third-order valence-electron chi connectivity index (χ3n) is 5.98. The second-order valence-electron chi connectivity index (χ2n) is 8.65. The lowest BCUT2D eigenvalue weighted by molar-refractivity contribution is -0.121. The molecule has 0 aliphatic carbocycles. The number of carbonyl (C=O) groups excluding carboxylic acids is 2. The van der Waals surface area contributed by atoms with Crippen molar-refractivity contribution in [2.75, 3.05) is 17.3 Å². The summed E-state index contributed by atoms with van der Waals surface area (Å²) in [5.74, 6) is -0.544. The van der Waals surface area contributed by atoms with Crippen molar-refractivity contribution >= 4 is 45.3 Å². The number of benzene rings is 2. The number of aryl methyl sites for hydroxylation is 1. The second-order valence-corrected chi connectivity index (χ2v) is 10.5. The van der Waals surface area contributed by atoms with Gasteiger partial charge in [0.1, 0.15) is 15.7 Å². The quantitative estimate of drug-likeness (QED) is 0.386. The number of nitrogens with zero attached hydrogens (tertiary/aromatic N) is 3. The van der Waals surface area contributed by atoms with Crippen molar-refractivity contribution in [1.29, 1.82) is 0 Å². The van der Waals surface area contributed by atoms with E-state index in [9.17, 15) is 14.0 Å². The van der Waals surface area contributed by atoms with Gasteiger partial charge in [0.25, 0.3) is 5.91 Å². The van der Waals surface area contributed by atoms with Crippen molar-refractivity contribution in [2.24, 2.45) is 0 Å². The van der Waals surface area contributed by atoms with Crippen molar-refractivity contribution in [3.63, 3.8) is 0 Å². The van der Waals surface area contributed by atoms with Gasteiger partial charge in [0.15, 0.2) is 5.13 Å². The summed E-state index contributed by atoms with van der Waals surface area (Å²) in [5.41, 5.74) is 4.25. The number of likely N-dealkylation sites (N-methyl/N-ethyl adjacent to an activating group) is 1. The van der Waals surface area contributed by atoms with Crippen molar-refractivity contribution in [2.45, 2.75) is 26.2 Å². The number of halogens is 1. The standard InChI is InChI=1S/C25H21FN4O2S2/c1-13-20(34-22(27-13)14-5-8-16(26)9-6-14)21(31)29-24-28-18(12-33-24)15-7-10-19-17(11-15)25(2,3)23(32)30(19)4/h5-12H,1-4H3,(H,28,29,31). The molecule has 6 nitrogen and oxygen atoms in total. The van der Waals surface area contributed by atoms with Crippen LogP contribution in [0.1, 0.15) is 34.8 Å². The number of nitrogens with one attached hydrogen (secondary N) is 1. The molecule has 5 rings (SSSR count). The second kappa shape index (κ2) is 8.11. The summed E-state index contributed by atoms with van der Waals surface area (Å²) in [5, 5.41) is 5.88. The molecular formula is C25H21FN4O2S2. The molecule has 34 heavy (non-hydrogen) atoms. The average Bonchev–Trinajstić information content (AvgIpc) is 3.48. The van der Waals surface area contributed by atoms with Crippen LogP contribution in [-0.2, 0) is 10.2 Å². The van der Waals surface area contributed by atoms with Crippen molar-refractivity contribution in [3.05, 3.63) is 69.8 Å². The Morgan fingerprint density at radius 3 is 2.53 bits per heavy atom. The highest BCUT2D eigenvalue weighted by Gasteiger charge is 2.42. The van der Waals surface area contributed by atoms with Crippen LogP contribution in [0.2, 0.25) is 0 Å². The van der Waals surface area contributed by atoms with Gasteiger partial charge in [0.05, 0.1) is 16.8 Å². The van der Waals surface area contributed by atoms with E-state index in [1.165, 1.54) is 34.8 Å². The number of aromatic nitrogens is 2. The van der Waals surface area contributed by atoms with Crippen LogP contribution >= 0.6 is 22.7 Å². The number of carbonyl (C=O) groups is 2. The minimum Gasteiger partial charge on any atom is -0.314 e. The van der Waals surface area contributed by atoms with E-state index in [0.29, 0.717) is 20.7 Å². The van der Waals surface area contributed by atoms with Crippen LogP contribution < -0.4 is 10.2 Å². The molecule has 9 heteroatoms. The lowest BCUT2D eigenvalue weighted by Gasteiger charge is -2.16. The highest BCUT2D eigenvalue weighted by atomic mass is 32.1. The molecule has 2 amide bonds. The van der Waals surface area contributed by atoms with E-state index in [0.717, 1.165) is 28.1 Å². The first-order valence-corrected chi connectivity index (χ1v) is 12.3. The van der Waals surface area contributed by atoms with Gasteiger partial charge in [-0.3, -0.25) is 14.9 Å². The number of rotatable bonds is 4. The van der Waals surface area contributed by atoms with Gasteiger partial charge in [0, 0.05) is 29.2 Å². The molecule has 3 heterocycles. The molecule has 0 fully saturated rings. The fourth-order valence-corrected chi connectivity index (χ4v) is 5.75. The molecule has 2 aromatic carbocycles. The van der Waals surface area contributed by atoms with Crippen LogP contribution in [0.3, 0.4) is 0 Å². The van der Waals surface area contributed by atoms with Crippen LogP contribution in [0.25, 0.3) is 21.8 Å². The summed E-state index contributed by atoms with van der Waals surface area (Å²) >= 11 is 2.59. The van der Waals surface area contributed by atoms with E-state index in [4.69, 9.17) is 0 Å². The van der Waals surface area contributed by atoms with E-state index >= 15 is 0 Å². The first-order chi connectivity index (χ1) is 16.1. The summed E-state index contributed by atoms with van der Waals surface area (Å²) in [4.78, 5) is 36.7. The first kappa shape index (κ1) is 22.4. The molecule has 4 aromatic rings. The van der Waals surface area contributed by atoms with Gasteiger partial charge in [-0.2, -0.15) is 0 Å². The smallest absolute Gasteiger partial charge is 0.269 e. The Hall–Kier alpha value is -3.43. The van der Waals surface area contributed by atoms with E-state index < -0.39 is 5.41 Å². The third kappa shape index (κ3) is 3.70. The van der Waals surface area contributed by atoms with Crippen LogP contribution in [0.4, 0.5) is 15.2 Å². The molecular weight excluding hydrogens is 471 g/mol. The van der Waals surface area contributed by atoms with Gasteiger partial charge in [-0.15, -0.1) is 22.7 Å². The zero-order chi connectivity index (χ0) is 24.2. The predicted molar refractivity (Wildman–Crippen MR) is 134 cm³/mol. The molecule has 0 radical (unpaired) electrons. The van der Waals surface area contributed by atoms with Crippen LogP contribution in [0, 0.1) is 12.7 Å². The number of thiazole rings is 2. The van der Waals surface area contributed by atoms with Gasteiger partial charge in [-0.1, -0.05) is 6.07 Å². The van der Waals surface area contributed by atoms with E-state index in [1.54, 1.807) is 31.0 Å². The van der Waals surface area contributed by atoms with Crippen molar-refractivity contribution in [3.8, 4) is 21.8 Å². The topological polar surface area (TPSA) is 75.2 Å². The Kier molecular flexibility index (Phi) is 5.33. The highest BCUT2D eigenvalue weighted by molar-refractivity contribution is 7.17. The largest absolute Gasteiger partial charge is 0.314 e. The molecule has 1 aliphatic rings. The normalized spacial score (nSPS) is 14.4. The molecule has 0 saturated heterocycles. The molecule has 0 saturated carbocycles. The Morgan fingerprint density at radius 1 is 1.09 bits per heavy atom. The van der Waals surface area contributed by atoms with Gasteiger partial charge >= 0.3 is 0 Å². The summed E-state index contributed by atoms with van der Waals surface area (Å²) < 4.78 is 13.2. The van der Waals surface area contributed by atoms with Crippen molar-refractivity contribution < 1.29 is 14.0 Å². The maximum absolute atomic E-state index is 13.2. The monoisotopic (exact) mass is 492 g/mol. The summed E-state index contributed by atoms with van der Waals surface area (Å²) in [6.45, 7) is 5.62. The number of amides is 2. The Balaban J connectivity index is 1.37. The lowest BCUT2D eigenvalue weighted by Crippen LogP contribution is -2.33. The van der Waals surface area contributed by atoms with E-state index in [1.807, 2.05) is 37.4 Å². The number of anilines is 2. The van der Waals surface area contributed by atoms with Crippen molar-refractivity contribution in [1.82, 2.24) is 9.97 Å². The Bertz CT molecular complexity index is 1440. The van der Waals surface area contributed by atoms with Crippen LogP contribution in [0.15, 0.2) is 47.8 Å². The predicted octanol–water partition coefficient (Wildman–Crippen LogP) is 5.89. The van der Waals surface area contributed by atoms with Gasteiger partial charge in [-0.25, -0.2) is 14.4 Å². The van der Waals surface area contributed by atoms with Crippen LogP contribution in [-0.4, -0.2) is 28.8 Å². The third-order valence-corrected chi connectivity index (χ3v) is 7.95. The molecule has 0 bridgehead atoms.